The molecule has 16 heavy (non-hydrogen) atoms. The van der Waals surface area contributed by atoms with Crippen molar-refractivity contribution in [2.45, 2.75) is 58.0 Å². The lowest BCUT2D eigenvalue weighted by Crippen LogP contribution is -2.44. The number of nitrogens with two attached hydrogens (primary N) is 1. The summed E-state index contributed by atoms with van der Waals surface area (Å²) < 4.78 is 0. The average molecular weight is 230 g/mol. The smallest absolute Gasteiger partial charge is 0.303 e. The maximum absolute atomic E-state index is 11.5. The van der Waals surface area contributed by atoms with E-state index < -0.39 is 12.0 Å². The topological polar surface area (TPSA) is 92.4 Å². The second kappa shape index (κ2) is 8.10. The first-order chi connectivity index (χ1) is 7.47. The van der Waals surface area contributed by atoms with Crippen LogP contribution in [0.3, 0.4) is 0 Å². The number of nitrogens with one attached hydrogen (secondary N) is 1. The van der Waals surface area contributed by atoms with Crippen LogP contribution in [0.4, 0.5) is 0 Å². The predicted molar refractivity (Wildman–Crippen MR) is 62.0 cm³/mol. The third kappa shape index (κ3) is 7.23. The molecule has 0 saturated heterocycles. The van der Waals surface area contributed by atoms with Crippen molar-refractivity contribution >= 4 is 11.9 Å². The van der Waals surface area contributed by atoms with Gasteiger partial charge in [-0.25, -0.2) is 0 Å². The molecule has 1 amide bonds. The van der Waals surface area contributed by atoms with Crippen molar-refractivity contribution in [2.75, 3.05) is 0 Å². The lowest BCUT2D eigenvalue weighted by atomic mass is 10.1. The van der Waals surface area contributed by atoms with E-state index in [1.807, 2.05) is 6.92 Å². The van der Waals surface area contributed by atoms with Crippen molar-refractivity contribution in [1.29, 1.82) is 0 Å². The van der Waals surface area contributed by atoms with E-state index in [2.05, 4.69) is 5.32 Å². The Bertz CT molecular complexity index is 231. The van der Waals surface area contributed by atoms with E-state index in [9.17, 15) is 9.59 Å². The summed E-state index contributed by atoms with van der Waals surface area (Å²) in [4.78, 5) is 21.8. The van der Waals surface area contributed by atoms with Crippen LogP contribution in [0.2, 0.25) is 0 Å². The summed E-state index contributed by atoms with van der Waals surface area (Å²) in [6, 6.07) is -0.622. The summed E-state index contributed by atoms with van der Waals surface area (Å²) in [6.45, 7) is 3.83. The molecule has 0 heterocycles. The monoisotopic (exact) mass is 230 g/mol. The van der Waals surface area contributed by atoms with Gasteiger partial charge in [0.15, 0.2) is 0 Å². The van der Waals surface area contributed by atoms with E-state index in [0.29, 0.717) is 12.8 Å². The highest BCUT2D eigenvalue weighted by Gasteiger charge is 2.15. The first-order valence-corrected chi connectivity index (χ1v) is 5.75. The van der Waals surface area contributed by atoms with E-state index in [1.165, 1.54) is 0 Å². The molecule has 5 heteroatoms. The quantitative estimate of drug-likeness (QED) is 0.577. The highest BCUT2D eigenvalue weighted by molar-refractivity contribution is 5.81. The van der Waals surface area contributed by atoms with Gasteiger partial charge in [-0.1, -0.05) is 19.8 Å². The number of amides is 1. The fourth-order valence-electron chi connectivity index (χ4n) is 1.32. The molecule has 0 aliphatic carbocycles. The minimum Gasteiger partial charge on any atom is -0.481 e. The Morgan fingerprint density at radius 2 is 2.00 bits per heavy atom. The zero-order valence-corrected chi connectivity index (χ0v) is 10.0. The molecular formula is C11H22N2O3. The molecule has 0 saturated carbocycles. The summed E-state index contributed by atoms with van der Waals surface area (Å²) in [5.41, 5.74) is 5.68. The molecule has 0 aromatic rings. The molecule has 0 rings (SSSR count). The van der Waals surface area contributed by atoms with Crippen molar-refractivity contribution in [3.05, 3.63) is 0 Å². The molecule has 0 aliphatic rings. The molecule has 0 aromatic carbocycles. The number of rotatable bonds is 8. The number of aliphatic carboxylic acids is 1. The van der Waals surface area contributed by atoms with Gasteiger partial charge in [-0.2, -0.15) is 0 Å². The third-order valence-corrected chi connectivity index (χ3v) is 2.39. The molecule has 4 N–H and O–H groups in total. The number of hydrogen-bond donors (Lipinski definition) is 3. The zero-order valence-electron chi connectivity index (χ0n) is 10.0. The van der Waals surface area contributed by atoms with E-state index in [-0.39, 0.29) is 18.4 Å². The van der Waals surface area contributed by atoms with Crippen LogP contribution in [-0.2, 0) is 9.59 Å². The third-order valence-electron chi connectivity index (χ3n) is 2.39. The standard InChI is InChI=1S/C11H22N2O3/c1-3-4-5-9(12)11(16)13-8(2)6-7-10(14)15/h8-9H,3-7,12H2,1-2H3,(H,13,16)(H,14,15). The number of carbonyl (C=O) groups is 2. The molecule has 0 aliphatic heterocycles. The van der Waals surface area contributed by atoms with Crippen LogP contribution < -0.4 is 11.1 Å². The van der Waals surface area contributed by atoms with Gasteiger partial charge >= 0.3 is 5.97 Å². The van der Waals surface area contributed by atoms with Gasteiger partial charge < -0.3 is 16.2 Å². The molecule has 0 aromatic heterocycles. The van der Waals surface area contributed by atoms with E-state index in [0.717, 1.165) is 12.8 Å². The number of carboxylic acid groups (broad SMARTS) is 1. The summed E-state index contributed by atoms with van der Waals surface area (Å²) in [5.74, 6) is -1.04. The first kappa shape index (κ1) is 14.9. The summed E-state index contributed by atoms with van der Waals surface area (Å²) in [7, 11) is 0. The maximum Gasteiger partial charge on any atom is 0.303 e. The molecule has 2 unspecified atom stereocenters. The van der Waals surface area contributed by atoms with Crippen molar-refractivity contribution in [2.24, 2.45) is 5.73 Å². The number of carboxylic acids is 1. The van der Waals surface area contributed by atoms with Crippen LogP contribution in [-0.4, -0.2) is 29.1 Å². The summed E-state index contributed by atoms with van der Waals surface area (Å²) in [6.07, 6.45) is 3.11. The average Bonchev–Trinajstić information content (AvgIpc) is 2.22. The normalized spacial score (nSPS) is 14.2. The minimum atomic E-state index is -0.851. The van der Waals surface area contributed by atoms with Crippen molar-refractivity contribution in [3.8, 4) is 0 Å². The van der Waals surface area contributed by atoms with Crippen molar-refractivity contribution < 1.29 is 14.7 Å². The van der Waals surface area contributed by atoms with Crippen LogP contribution in [0.5, 0.6) is 0 Å². The van der Waals surface area contributed by atoms with Gasteiger partial charge in [-0.3, -0.25) is 9.59 Å². The van der Waals surface area contributed by atoms with Gasteiger partial charge in [0.25, 0.3) is 0 Å². The van der Waals surface area contributed by atoms with Crippen LogP contribution in [0.25, 0.3) is 0 Å². The van der Waals surface area contributed by atoms with E-state index in [1.54, 1.807) is 6.92 Å². The Hall–Kier alpha value is -1.10. The van der Waals surface area contributed by atoms with Gasteiger partial charge in [-0.15, -0.1) is 0 Å². The van der Waals surface area contributed by atoms with Gasteiger partial charge in [0.2, 0.25) is 5.91 Å². The van der Waals surface area contributed by atoms with Gasteiger partial charge in [0.1, 0.15) is 0 Å². The lowest BCUT2D eigenvalue weighted by molar-refractivity contribution is -0.137. The maximum atomic E-state index is 11.5. The van der Waals surface area contributed by atoms with E-state index >= 15 is 0 Å². The Labute approximate surface area is 96.4 Å². The Balaban J connectivity index is 3.80. The number of hydrogen-bond acceptors (Lipinski definition) is 3. The lowest BCUT2D eigenvalue weighted by Gasteiger charge is -2.16. The highest BCUT2D eigenvalue weighted by atomic mass is 16.4. The number of carbonyl (C=O) groups excluding carboxylic acids is 1. The van der Waals surface area contributed by atoms with Crippen LogP contribution in [0.15, 0.2) is 0 Å². The van der Waals surface area contributed by atoms with Crippen LogP contribution in [0.1, 0.15) is 46.0 Å². The Morgan fingerprint density at radius 1 is 1.38 bits per heavy atom. The zero-order chi connectivity index (χ0) is 12.6. The summed E-state index contributed by atoms with van der Waals surface area (Å²) in [5, 5.41) is 11.2. The Kier molecular flexibility index (Phi) is 7.54. The second-order valence-electron chi connectivity index (χ2n) is 4.09. The largest absolute Gasteiger partial charge is 0.481 e. The van der Waals surface area contributed by atoms with Gasteiger partial charge in [0, 0.05) is 12.5 Å². The molecule has 0 fully saturated rings. The van der Waals surface area contributed by atoms with Crippen molar-refractivity contribution in [3.63, 3.8) is 0 Å². The molecular weight excluding hydrogens is 208 g/mol. The fraction of sp³-hybridized carbons (Fsp3) is 0.818. The molecule has 0 bridgehead atoms. The SMILES string of the molecule is CCCCC(N)C(=O)NC(C)CCC(=O)O. The molecule has 94 valence electrons. The summed E-state index contributed by atoms with van der Waals surface area (Å²) >= 11 is 0. The van der Waals surface area contributed by atoms with E-state index in [4.69, 9.17) is 10.8 Å². The van der Waals surface area contributed by atoms with Crippen LogP contribution >= 0.6 is 0 Å². The molecule has 5 nitrogen and oxygen atoms in total. The predicted octanol–water partition coefficient (Wildman–Crippen LogP) is 0.873. The second-order valence-corrected chi connectivity index (χ2v) is 4.09. The number of unbranched alkanes of at least 4 members (excludes halogenated alkanes) is 1. The highest BCUT2D eigenvalue weighted by Crippen LogP contribution is 2.01. The van der Waals surface area contributed by atoms with Gasteiger partial charge in [-0.05, 0) is 19.8 Å². The van der Waals surface area contributed by atoms with Crippen molar-refractivity contribution in [1.82, 2.24) is 5.32 Å². The minimum absolute atomic E-state index is 0.0612. The Morgan fingerprint density at radius 3 is 2.50 bits per heavy atom. The fourth-order valence-corrected chi connectivity index (χ4v) is 1.32. The first-order valence-electron chi connectivity index (χ1n) is 5.75. The molecule has 2 atom stereocenters. The van der Waals surface area contributed by atoms with Crippen LogP contribution in [0, 0.1) is 0 Å². The van der Waals surface area contributed by atoms with Gasteiger partial charge in [0.05, 0.1) is 6.04 Å². The molecule has 0 spiro atoms. The molecule has 0 radical (unpaired) electrons.